The Morgan fingerprint density at radius 1 is 1.47 bits per heavy atom. The SMILES string of the molecule is CCOC(=O)C1=Nn2c(nc3ccccc32)C1. The van der Waals surface area contributed by atoms with Crippen LogP contribution >= 0.6 is 0 Å². The molecule has 1 aromatic carbocycles. The van der Waals surface area contributed by atoms with E-state index in [1.165, 1.54) is 0 Å². The Morgan fingerprint density at radius 3 is 3.12 bits per heavy atom. The van der Waals surface area contributed by atoms with Crippen molar-refractivity contribution < 1.29 is 9.53 Å². The Kier molecular flexibility index (Phi) is 2.18. The largest absolute Gasteiger partial charge is 0.461 e. The molecule has 0 atom stereocenters. The highest BCUT2D eigenvalue weighted by Crippen LogP contribution is 2.20. The van der Waals surface area contributed by atoms with Crippen molar-refractivity contribution in [2.75, 3.05) is 6.61 Å². The van der Waals surface area contributed by atoms with Gasteiger partial charge in [-0.25, -0.2) is 14.5 Å². The van der Waals surface area contributed by atoms with Gasteiger partial charge in [-0.05, 0) is 19.1 Å². The monoisotopic (exact) mass is 229 g/mol. The molecule has 0 radical (unpaired) electrons. The Morgan fingerprint density at radius 2 is 2.29 bits per heavy atom. The lowest BCUT2D eigenvalue weighted by Gasteiger charge is -1.98. The van der Waals surface area contributed by atoms with Gasteiger partial charge in [-0.15, -0.1) is 0 Å². The van der Waals surface area contributed by atoms with Crippen LogP contribution in [0.4, 0.5) is 0 Å². The molecule has 86 valence electrons. The highest BCUT2D eigenvalue weighted by molar-refractivity contribution is 6.37. The molecule has 17 heavy (non-hydrogen) atoms. The molecule has 0 N–H and O–H groups in total. The van der Waals surface area contributed by atoms with E-state index in [2.05, 4.69) is 10.1 Å². The number of para-hydroxylation sites is 2. The van der Waals surface area contributed by atoms with Crippen LogP contribution in [0.5, 0.6) is 0 Å². The molecule has 5 nitrogen and oxygen atoms in total. The molecule has 0 fully saturated rings. The lowest BCUT2D eigenvalue weighted by molar-refractivity contribution is -0.135. The minimum absolute atomic E-state index is 0.359. The second kappa shape index (κ2) is 3.69. The van der Waals surface area contributed by atoms with Gasteiger partial charge < -0.3 is 4.74 Å². The summed E-state index contributed by atoms with van der Waals surface area (Å²) in [5.41, 5.74) is 2.23. The molecule has 2 heterocycles. The van der Waals surface area contributed by atoms with E-state index in [9.17, 15) is 4.79 Å². The highest BCUT2D eigenvalue weighted by atomic mass is 16.5. The van der Waals surface area contributed by atoms with E-state index in [0.717, 1.165) is 16.9 Å². The molecule has 5 heteroatoms. The molecular formula is C12H11N3O2. The van der Waals surface area contributed by atoms with E-state index in [4.69, 9.17) is 4.74 Å². The first kappa shape index (κ1) is 10.0. The average molecular weight is 229 g/mol. The molecule has 0 saturated heterocycles. The lowest BCUT2D eigenvalue weighted by atomic mass is 10.3. The van der Waals surface area contributed by atoms with Crippen molar-refractivity contribution in [2.24, 2.45) is 5.10 Å². The zero-order valence-electron chi connectivity index (χ0n) is 9.38. The van der Waals surface area contributed by atoms with Gasteiger partial charge in [0.25, 0.3) is 0 Å². The molecule has 3 rings (SSSR count). The predicted molar refractivity (Wildman–Crippen MR) is 62.9 cm³/mol. The van der Waals surface area contributed by atoms with Crippen molar-refractivity contribution in [3.8, 4) is 0 Å². The Bertz CT molecular complexity index is 628. The van der Waals surface area contributed by atoms with Gasteiger partial charge in [0.15, 0.2) is 5.71 Å². The molecule has 0 amide bonds. The summed E-state index contributed by atoms with van der Waals surface area (Å²) >= 11 is 0. The summed E-state index contributed by atoms with van der Waals surface area (Å²) in [5.74, 6) is 0.427. The Balaban J connectivity index is 2.03. The van der Waals surface area contributed by atoms with Crippen molar-refractivity contribution in [2.45, 2.75) is 13.3 Å². The van der Waals surface area contributed by atoms with E-state index < -0.39 is 0 Å². The molecule has 0 bridgehead atoms. The first-order chi connectivity index (χ1) is 8.29. The third kappa shape index (κ3) is 1.51. The number of imidazole rings is 1. The van der Waals surface area contributed by atoms with E-state index in [1.807, 2.05) is 24.3 Å². The number of nitrogens with zero attached hydrogens (tertiary/aromatic N) is 3. The Labute approximate surface area is 97.7 Å². The molecule has 1 aromatic heterocycles. The molecule has 0 spiro atoms. The summed E-state index contributed by atoms with van der Waals surface area (Å²) < 4.78 is 6.64. The van der Waals surface area contributed by atoms with E-state index in [0.29, 0.717) is 18.7 Å². The Hall–Kier alpha value is -2.17. The third-order valence-corrected chi connectivity index (χ3v) is 2.66. The fourth-order valence-electron chi connectivity index (χ4n) is 1.92. The number of ether oxygens (including phenoxy) is 1. The maximum absolute atomic E-state index is 11.6. The van der Waals surface area contributed by atoms with Crippen molar-refractivity contribution in [1.29, 1.82) is 0 Å². The fraction of sp³-hybridized carbons (Fsp3) is 0.250. The molecule has 1 aliphatic heterocycles. The summed E-state index contributed by atoms with van der Waals surface area (Å²) in [6.45, 7) is 2.14. The standard InChI is InChI=1S/C12H11N3O2/c1-2-17-12(16)9-7-11-13-8-5-3-4-6-10(8)15(11)14-9/h3-6H,2,7H2,1H3. The minimum atomic E-state index is -0.359. The van der Waals surface area contributed by atoms with Crippen molar-refractivity contribution in [3.05, 3.63) is 30.1 Å². The quantitative estimate of drug-likeness (QED) is 0.730. The number of carbonyl (C=O) groups excluding carboxylic acids is 1. The second-order valence-electron chi connectivity index (χ2n) is 3.77. The topological polar surface area (TPSA) is 56.5 Å². The molecule has 0 aliphatic carbocycles. The van der Waals surface area contributed by atoms with E-state index in [1.54, 1.807) is 11.6 Å². The lowest BCUT2D eigenvalue weighted by Crippen LogP contribution is -2.17. The second-order valence-corrected chi connectivity index (χ2v) is 3.77. The van der Waals surface area contributed by atoms with Crippen LogP contribution in [-0.2, 0) is 16.0 Å². The van der Waals surface area contributed by atoms with Gasteiger partial charge in [-0.1, -0.05) is 12.1 Å². The zero-order valence-corrected chi connectivity index (χ0v) is 9.38. The van der Waals surface area contributed by atoms with Crippen LogP contribution < -0.4 is 0 Å². The van der Waals surface area contributed by atoms with Crippen molar-refractivity contribution in [3.63, 3.8) is 0 Å². The van der Waals surface area contributed by atoms with Gasteiger partial charge in [-0.2, -0.15) is 5.10 Å². The van der Waals surface area contributed by atoms with Crippen LogP contribution in [0.15, 0.2) is 29.4 Å². The number of hydrogen-bond donors (Lipinski definition) is 0. The van der Waals surface area contributed by atoms with Crippen molar-refractivity contribution in [1.82, 2.24) is 9.66 Å². The first-order valence-electron chi connectivity index (χ1n) is 5.51. The summed E-state index contributed by atoms with van der Waals surface area (Å²) in [4.78, 5) is 16.0. The summed E-state index contributed by atoms with van der Waals surface area (Å²) in [6, 6.07) is 7.72. The minimum Gasteiger partial charge on any atom is -0.461 e. The number of benzene rings is 1. The van der Waals surface area contributed by atoms with Crippen LogP contribution in [0.25, 0.3) is 11.0 Å². The summed E-state index contributed by atoms with van der Waals surface area (Å²) in [6.07, 6.45) is 0.438. The van der Waals surface area contributed by atoms with Gasteiger partial charge in [-0.3, -0.25) is 0 Å². The van der Waals surface area contributed by atoms with Crippen LogP contribution in [-0.4, -0.2) is 27.9 Å². The van der Waals surface area contributed by atoms with Gasteiger partial charge in [0.05, 0.1) is 24.1 Å². The van der Waals surface area contributed by atoms with E-state index in [-0.39, 0.29) is 5.97 Å². The number of carbonyl (C=O) groups is 1. The smallest absolute Gasteiger partial charge is 0.354 e. The number of fused-ring (bicyclic) bond motifs is 3. The highest BCUT2D eigenvalue weighted by Gasteiger charge is 2.24. The van der Waals surface area contributed by atoms with Gasteiger partial charge in [0.1, 0.15) is 5.82 Å². The van der Waals surface area contributed by atoms with Crippen LogP contribution in [0, 0.1) is 0 Å². The molecule has 1 aliphatic rings. The molecular weight excluding hydrogens is 218 g/mol. The predicted octanol–water partition coefficient (Wildman–Crippen LogP) is 1.36. The average Bonchev–Trinajstić information content (AvgIpc) is 2.86. The van der Waals surface area contributed by atoms with E-state index >= 15 is 0 Å². The fourth-order valence-corrected chi connectivity index (χ4v) is 1.92. The maximum atomic E-state index is 11.6. The third-order valence-electron chi connectivity index (χ3n) is 2.66. The number of aromatic nitrogens is 2. The van der Waals surface area contributed by atoms with Crippen molar-refractivity contribution >= 4 is 22.7 Å². The number of hydrogen-bond acceptors (Lipinski definition) is 4. The molecule has 0 unspecified atom stereocenters. The van der Waals surface area contributed by atoms with Gasteiger partial charge in [0, 0.05) is 0 Å². The van der Waals surface area contributed by atoms with Crippen LogP contribution in [0.1, 0.15) is 12.7 Å². The molecule has 2 aromatic rings. The normalized spacial score (nSPS) is 13.6. The van der Waals surface area contributed by atoms with Gasteiger partial charge >= 0.3 is 5.97 Å². The molecule has 0 saturated carbocycles. The first-order valence-corrected chi connectivity index (χ1v) is 5.51. The van der Waals surface area contributed by atoms with Crippen LogP contribution in [0.2, 0.25) is 0 Å². The zero-order chi connectivity index (χ0) is 11.8. The number of rotatable bonds is 2. The van der Waals surface area contributed by atoms with Crippen LogP contribution in [0.3, 0.4) is 0 Å². The summed E-state index contributed by atoms with van der Waals surface area (Å²) in [5, 5.41) is 4.25. The maximum Gasteiger partial charge on any atom is 0.354 e. The number of esters is 1. The van der Waals surface area contributed by atoms with Gasteiger partial charge in [0.2, 0.25) is 0 Å². The summed E-state index contributed by atoms with van der Waals surface area (Å²) in [7, 11) is 0.